The lowest BCUT2D eigenvalue weighted by atomic mass is 10.3. The van der Waals surface area contributed by atoms with Gasteiger partial charge in [-0.1, -0.05) is 36.4 Å². The maximum atomic E-state index is 5.84. The summed E-state index contributed by atoms with van der Waals surface area (Å²) in [7, 11) is 0. The molecule has 19 heavy (non-hydrogen) atoms. The normalized spacial score (nSPS) is 10.4. The minimum atomic E-state index is -0.312. The summed E-state index contributed by atoms with van der Waals surface area (Å²) in [5.41, 5.74) is 5.55. The largest absolute Gasteiger partial charge is 0.455 e. The Morgan fingerprint density at radius 2 is 1.26 bits per heavy atom. The van der Waals surface area contributed by atoms with Gasteiger partial charge in [-0.15, -0.1) is 0 Å². The number of nitrogens with two attached hydrogens (primary N) is 1. The first-order valence-corrected chi connectivity index (χ1v) is 6.52. The van der Waals surface area contributed by atoms with Crippen LogP contribution in [0.15, 0.2) is 60.7 Å². The van der Waals surface area contributed by atoms with Crippen molar-refractivity contribution in [3.05, 3.63) is 60.7 Å². The second-order valence-electron chi connectivity index (χ2n) is 4.22. The summed E-state index contributed by atoms with van der Waals surface area (Å²) in [6.45, 7) is 0.632. The van der Waals surface area contributed by atoms with Gasteiger partial charge in [-0.05, 0) is 37.2 Å². The number of hydrogen-bond acceptors (Lipinski definition) is 3. The molecule has 2 rings (SSSR count). The van der Waals surface area contributed by atoms with E-state index >= 15 is 0 Å². The average molecular weight is 257 g/mol. The van der Waals surface area contributed by atoms with Gasteiger partial charge in [-0.2, -0.15) is 0 Å². The summed E-state index contributed by atoms with van der Waals surface area (Å²) in [5.74, 6) is 1.61. The summed E-state index contributed by atoms with van der Waals surface area (Å²) in [4.78, 5) is 0. The lowest BCUT2D eigenvalue weighted by Gasteiger charge is -2.20. The van der Waals surface area contributed by atoms with E-state index in [0.29, 0.717) is 6.54 Å². The fourth-order valence-electron chi connectivity index (χ4n) is 1.73. The summed E-state index contributed by atoms with van der Waals surface area (Å²) >= 11 is 0. The summed E-state index contributed by atoms with van der Waals surface area (Å²) in [6.07, 6.45) is 1.32. The summed E-state index contributed by atoms with van der Waals surface area (Å²) in [6, 6.07) is 19.4. The zero-order chi connectivity index (χ0) is 13.3. The Labute approximate surface area is 114 Å². The van der Waals surface area contributed by atoms with Crippen LogP contribution in [0.5, 0.6) is 11.5 Å². The van der Waals surface area contributed by atoms with Gasteiger partial charge in [0.15, 0.2) is 0 Å². The number of benzene rings is 2. The van der Waals surface area contributed by atoms with Crippen molar-refractivity contribution in [3.8, 4) is 11.5 Å². The third-order valence-electron chi connectivity index (χ3n) is 2.67. The first-order chi connectivity index (χ1) is 9.38. The van der Waals surface area contributed by atoms with E-state index in [0.717, 1.165) is 24.3 Å². The van der Waals surface area contributed by atoms with Crippen molar-refractivity contribution >= 4 is 0 Å². The van der Waals surface area contributed by atoms with Crippen LogP contribution >= 0.6 is 0 Å². The third-order valence-corrected chi connectivity index (χ3v) is 2.67. The lowest BCUT2D eigenvalue weighted by Crippen LogP contribution is -2.25. The van der Waals surface area contributed by atoms with Crippen molar-refractivity contribution in [2.45, 2.75) is 19.1 Å². The fraction of sp³-hybridized carbons (Fsp3) is 0.250. The molecule has 0 aliphatic carbocycles. The Kier molecular flexibility index (Phi) is 5.26. The van der Waals surface area contributed by atoms with Gasteiger partial charge >= 0.3 is 0 Å². The van der Waals surface area contributed by atoms with Crippen LogP contribution in [0.3, 0.4) is 0 Å². The fourth-order valence-corrected chi connectivity index (χ4v) is 1.73. The molecule has 3 heteroatoms. The van der Waals surface area contributed by atoms with Crippen LogP contribution in [0.1, 0.15) is 12.8 Å². The highest BCUT2D eigenvalue weighted by Crippen LogP contribution is 2.18. The highest BCUT2D eigenvalue weighted by atomic mass is 16.7. The molecule has 0 spiro atoms. The standard InChI is InChI=1S/C16H19NO2/c17-13-7-12-16(18-14-8-3-1-4-9-14)19-15-10-5-2-6-11-15/h1-6,8-11,16H,7,12-13,17H2. The predicted molar refractivity (Wildman–Crippen MR) is 76.2 cm³/mol. The van der Waals surface area contributed by atoms with Gasteiger partial charge in [-0.3, -0.25) is 0 Å². The lowest BCUT2D eigenvalue weighted by molar-refractivity contribution is -0.00151. The van der Waals surface area contributed by atoms with Gasteiger partial charge in [0.25, 0.3) is 0 Å². The maximum absolute atomic E-state index is 5.84. The van der Waals surface area contributed by atoms with Crippen LogP contribution in [0, 0.1) is 0 Å². The van der Waals surface area contributed by atoms with Gasteiger partial charge in [-0.25, -0.2) is 0 Å². The molecule has 0 saturated carbocycles. The molecule has 3 nitrogen and oxygen atoms in total. The number of para-hydroxylation sites is 2. The topological polar surface area (TPSA) is 44.5 Å². The van der Waals surface area contributed by atoms with Crippen LogP contribution in [0.4, 0.5) is 0 Å². The molecule has 0 unspecified atom stereocenters. The van der Waals surface area contributed by atoms with E-state index in [1.54, 1.807) is 0 Å². The number of rotatable bonds is 7. The van der Waals surface area contributed by atoms with Crippen molar-refractivity contribution in [1.29, 1.82) is 0 Å². The first-order valence-electron chi connectivity index (χ1n) is 6.52. The van der Waals surface area contributed by atoms with Gasteiger partial charge in [0, 0.05) is 6.42 Å². The highest BCUT2D eigenvalue weighted by Gasteiger charge is 2.11. The molecule has 0 heterocycles. The molecule has 2 N–H and O–H groups in total. The molecule has 0 atom stereocenters. The van der Waals surface area contributed by atoms with E-state index in [-0.39, 0.29) is 6.29 Å². The zero-order valence-electron chi connectivity index (χ0n) is 10.9. The predicted octanol–water partition coefficient (Wildman–Crippen LogP) is 3.21. The molecule has 2 aromatic rings. The van der Waals surface area contributed by atoms with E-state index in [1.807, 2.05) is 60.7 Å². The van der Waals surface area contributed by atoms with Gasteiger partial charge in [0.05, 0.1) is 0 Å². The van der Waals surface area contributed by atoms with Crippen molar-refractivity contribution in [1.82, 2.24) is 0 Å². The third kappa shape index (κ3) is 4.64. The molecular formula is C16H19NO2. The Balaban J connectivity index is 1.99. The van der Waals surface area contributed by atoms with Crippen molar-refractivity contribution < 1.29 is 9.47 Å². The first kappa shape index (κ1) is 13.4. The Morgan fingerprint density at radius 1 is 0.789 bits per heavy atom. The monoisotopic (exact) mass is 257 g/mol. The average Bonchev–Trinajstić information content (AvgIpc) is 2.47. The molecule has 2 aromatic carbocycles. The van der Waals surface area contributed by atoms with Crippen LogP contribution < -0.4 is 15.2 Å². The Morgan fingerprint density at radius 3 is 1.68 bits per heavy atom. The van der Waals surface area contributed by atoms with Crippen LogP contribution in [0.2, 0.25) is 0 Å². The van der Waals surface area contributed by atoms with Crippen molar-refractivity contribution in [2.24, 2.45) is 5.73 Å². The molecule has 0 aromatic heterocycles. The second kappa shape index (κ2) is 7.44. The SMILES string of the molecule is NCCCC(Oc1ccccc1)Oc1ccccc1. The Hall–Kier alpha value is -2.00. The van der Waals surface area contributed by atoms with Crippen LogP contribution in [-0.2, 0) is 0 Å². The van der Waals surface area contributed by atoms with E-state index in [2.05, 4.69) is 0 Å². The molecule has 0 bridgehead atoms. The molecule has 0 amide bonds. The molecule has 0 saturated heterocycles. The second-order valence-corrected chi connectivity index (χ2v) is 4.22. The van der Waals surface area contributed by atoms with E-state index in [4.69, 9.17) is 15.2 Å². The van der Waals surface area contributed by atoms with Crippen LogP contribution in [-0.4, -0.2) is 12.8 Å². The van der Waals surface area contributed by atoms with Gasteiger partial charge < -0.3 is 15.2 Å². The number of hydrogen-bond donors (Lipinski definition) is 1. The summed E-state index contributed by atoms with van der Waals surface area (Å²) in [5, 5.41) is 0. The molecule has 0 aliphatic heterocycles. The molecule has 0 radical (unpaired) electrons. The van der Waals surface area contributed by atoms with Gasteiger partial charge in [0.2, 0.25) is 6.29 Å². The van der Waals surface area contributed by atoms with E-state index in [9.17, 15) is 0 Å². The van der Waals surface area contributed by atoms with E-state index in [1.165, 1.54) is 0 Å². The van der Waals surface area contributed by atoms with Crippen molar-refractivity contribution in [3.63, 3.8) is 0 Å². The van der Waals surface area contributed by atoms with E-state index < -0.39 is 0 Å². The van der Waals surface area contributed by atoms with Gasteiger partial charge in [0.1, 0.15) is 11.5 Å². The quantitative estimate of drug-likeness (QED) is 0.775. The molecule has 0 aliphatic rings. The molecule has 0 fully saturated rings. The minimum Gasteiger partial charge on any atom is -0.455 e. The minimum absolute atomic E-state index is 0.312. The van der Waals surface area contributed by atoms with Crippen LogP contribution in [0.25, 0.3) is 0 Å². The Bertz CT molecular complexity index is 417. The molecular weight excluding hydrogens is 238 g/mol. The highest BCUT2D eigenvalue weighted by molar-refractivity contribution is 5.23. The zero-order valence-corrected chi connectivity index (χ0v) is 10.9. The number of ether oxygens (including phenoxy) is 2. The smallest absolute Gasteiger partial charge is 0.241 e. The molecule has 100 valence electrons. The maximum Gasteiger partial charge on any atom is 0.241 e. The summed E-state index contributed by atoms with van der Waals surface area (Å²) < 4.78 is 11.7. The van der Waals surface area contributed by atoms with Crippen molar-refractivity contribution in [2.75, 3.05) is 6.54 Å².